The number of nitrogens with one attached hydrogen (secondary N) is 1. The molecule has 0 aromatic carbocycles. The normalized spacial score (nSPS) is 20.1. The van der Waals surface area contributed by atoms with E-state index in [4.69, 9.17) is 0 Å². The summed E-state index contributed by atoms with van der Waals surface area (Å²) < 4.78 is 1.96. The number of amides is 1. The van der Waals surface area contributed by atoms with E-state index >= 15 is 0 Å². The Kier molecular flexibility index (Phi) is 4.59. The number of fused-ring (bicyclic) bond motifs is 1. The molecular weight excluding hydrogens is 374 g/mol. The van der Waals surface area contributed by atoms with Gasteiger partial charge in [0.15, 0.2) is 16.6 Å². The van der Waals surface area contributed by atoms with Crippen molar-refractivity contribution in [3.8, 4) is 0 Å². The Hall–Kier alpha value is -2.68. The largest absolute Gasteiger partial charge is 0.351 e. The number of imidazole rings is 1. The lowest BCUT2D eigenvalue weighted by Crippen LogP contribution is -2.37. The van der Waals surface area contributed by atoms with Crippen LogP contribution in [0.2, 0.25) is 0 Å². The second kappa shape index (κ2) is 7.38. The van der Waals surface area contributed by atoms with Gasteiger partial charge in [0.1, 0.15) is 5.69 Å². The van der Waals surface area contributed by atoms with Crippen LogP contribution in [0, 0.1) is 0 Å². The van der Waals surface area contributed by atoms with E-state index in [1.807, 2.05) is 22.2 Å². The number of carbonyl (C=O) groups is 1. The molecule has 146 valence electrons. The lowest BCUT2D eigenvalue weighted by Gasteiger charge is -2.25. The molecule has 1 amide bonds. The zero-order valence-corrected chi connectivity index (χ0v) is 16.4. The minimum absolute atomic E-state index is 0.0849. The zero-order valence-electron chi connectivity index (χ0n) is 15.6. The smallest absolute Gasteiger partial charge is 0.271 e. The minimum Gasteiger partial charge on any atom is -0.351 e. The van der Waals surface area contributed by atoms with Crippen LogP contribution in [-0.4, -0.2) is 57.5 Å². The van der Waals surface area contributed by atoms with Crippen molar-refractivity contribution in [2.45, 2.75) is 31.7 Å². The molecule has 3 aromatic heterocycles. The maximum absolute atomic E-state index is 12.7. The SMILES string of the molecule is O=C(NC1CCN(c2nccn3ccnc23)C1)c1csc(N2CCCCC2)n1. The number of aromatic nitrogens is 4. The van der Waals surface area contributed by atoms with Gasteiger partial charge in [-0.05, 0) is 25.7 Å². The van der Waals surface area contributed by atoms with Gasteiger partial charge in [-0.15, -0.1) is 11.3 Å². The van der Waals surface area contributed by atoms with Gasteiger partial charge in [-0.2, -0.15) is 0 Å². The second-order valence-corrected chi connectivity index (χ2v) is 8.21. The van der Waals surface area contributed by atoms with Crippen molar-refractivity contribution < 1.29 is 4.79 Å². The third kappa shape index (κ3) is 3.30. The molecule has 1 atom stereocenters. The number of rotatable bonds is 4. The average molecular weight is 398 g/mol. The van der Waals surface area contributed by atoms with Gasteiger partial charge < -0.3 is 19.5 Å². The summed E-state index contributed by atoms with van der Waals surface area (Å²) in [7, 11) is 0. The third-order valence-electron chi connectivity index (χ3n) is 5.47. The van der Waals surface area contributed by atoms with Crippen LogP contribution < -0.4 is 15.1 Å². The number of anilines is 2. The Morgan fingerprint density at radius 1 is 1.07 bits per heavy atom. The Bertz CT molecular complexity index is 977. The summed E-state index contributed by atoms with van der Waals surface area (Å²) in [5.41, 5.74) is 1.37. The highest BCUT2D eigenvalue weighted by Crippen LogP contribution is 2.25. The first kappa shape index (κ1) is 17.4. The van der Waals surface area contributed by atoms with Crippen molar-refractivity contribution in [3.05, 3.63) is 35.9 Å². The fraction of sp³-hybridized carbons (Fsp3) is 0.474. The van der Waals surface area contributed by atoms with E-state index in [1.165, 1.54) is 19.3 Å². The number of hydrogen-bond acceptors (Lipinski definition) is 7. The summed E-state index contributed by atoms with van der Waals surface area (Å²) >= 11 is 1.56. The Morgan fingerprint density at radius 2 is 1.89 bits per heavy atom. The van der Waals surface area contributed by atoms with Crippen LogP contribution in [0.5, 0.6) is 0 Å². The number of thiazole rings is 1. The lowest BCUT2D eigenvalue weighted by molar-refractivity contribution is 0.0936. The lowest BCUT2D eigenvalue weighted by atomic mass is 10.1. The van der Waals surface area contributed by atoms with Gasteiger partial charge in [-0.25, -0.2) is 15.0 Å². The molecule has 0 aliphatic carbocycles. The predicted octanol–water partition coefficient (Wildman–Crippen LogP) is 2.18. The molecule has 2 fully saturated rings. The van der Waals surface area contributed by atoms with Gasteiger partial charge in [0.2, 0.25) is 0 Å². The first-order chi connectivity index (χ1) is 13.8. The topological polar surface area (TPSA) is 78.7 Å². The first-order valence-electron chi connectivity index (χ1n) is 9.82. The monoisotopic (exact) mass is 397 g/mol. The molecule has 9 heteroatoms. The molecule has 8 nitrogen and oxygen atoms in total. The molecule has 2 aliphatic heterocycles. The summed E-state index contributed by atoms with van der Waals surface area (Å²) in [4.78, 5) is 30.6. The van der Waals surface area contributed by atoms with Crippen LogP contribution in [0.15, 0.2) is 30.2 Å². The number of hydrogen-bond donors (Lipinski definition) is 1. The molecular formula is C19H23N7OS. The van der Waals surface area contributed by atoms with Crippen molar-refractivity contribution in [1.29, 1.82) is 0 Å². The van der Waals surface area contributed by atoms with Crippen LogP contribution in [0.4, 0.5) is 10.9 Å². The molecule has 1 N–H and O–H groups in total. The highest BCUT2D eigenvalue weighted by Gasteiger charge is 2.27. The first-order valence-corrected chi connectivity index (χ1v) is 10.7. The van der Waals surface area contributed by atoms with E-state index < -0.39 is 0 Å². The summed E-state index contributed by atoms with van der Waals surface area (Å²) in [6.07, 6.45) is 12.0. The van der Waals surface area contributed by atoms with E-state index in [1.54, 1.807) is 23.7 Å². The molecule has 5 heterocycles. The molecule has 3 aromatic rings. The maximum atomic E-state index is 12.7. The Morgan fingerprint density at radius 3 is 2.75 bits per heavy atom. The standard InChI is InChI=1S/C19H23N7OS/c27-18(15-13-28-19(23-15)25-7-2-1-3-8-25)22-14-4-9-26(12-14)17-16-20-5-10-24(16)11-6-21-17/h5-6,10-11,13-14H,1-4,7-9,12H2,(H,22,27). The van der Waals surface area contributed by atoms with Crippen molar-refractivity contribution in [3.63, 3.8) is 0 Å². The highest BCUT2D eigenvalue weighted by molar-refractivity contribution is 7.13. The summed E-state index contributed by atoms with van der Waals surface area (Å²) in [5, 5.41) is 5.98. The molecule has 28 heavy (non-hydrogen) atoms. The zero-order chi connectivity index (χ0) is 18.9. The maximum Gasteiger partial charge on any atom is 0.271 e. The van der Waals surface area contributed by atoms with Gasteiger partial charge in [-0.1, -0.05) is 0 Å². The second-order valence-electron chi connectivity index (χ2n) is 7.38. The van der Waals surface area contributed by atoms with Gasteiger partial charge in [0.25, 0.3) is 5.91 Å². The minimum atomic E-state index is -0.0849. The molecule has 0 spiro atoms. The predicted molar refractivity (Wildman–Crippen MR) is 109 cm³/mol. The third-order valence-corrected chi connectivity index (χ3v) is 6.37. The van der Waals surface area contributed by atoms with Crippen molar-refractivity contribution in [2.24, 2.45) is 0 Å². The van der Waals surface area contributed by atoms with Crippen molar-refractivity contribution in [2.75, 3.05) is 36.0 Å². The molecule has 2 saturated heterocycles. The van der Waals surface area contributed by atoms with E-state index in [2.05, 4.69) is 30.1 Å². The van der Waals surface area contributed by atoms with Gasteiger partial charge in [-0.3, -0.25) is 4.79 Å². The molecule has 0 saturated carbocycles. The number of carbonyl (C=O) groups excluding carboxylic acids is 1. The Labute approximate surface area is 167 Å². The average Bonchev–Trinajstić information content (AvgIpc) is 3.48. The van der Waals surface area contributed by atoms with Crippen LogP contribution in [0.1, 0.15) is 36.2 Å². The fourth-order valence-corrected chi connectivity index (χ4v) is 4.85. The quantitative estimate of drug-likeness (QED) is 0.727. The van der Waals surface area contributed by atoms with Gasteiger partial charge in [0.05, 0.1) is 0 Å². The fourth-order valence-electron chi connectivity index (χ4n) is 3.99. The van der Waals surface area contributed by atoms with Crippen LogP contribution in [0.3, 0.4) is 0 Å². The number of piperidine rings is 1. The highest BCUT2D eigenvalue weighted by atomic mass is 32.1. The van der Waals surface area contributed by atoms with Crippen molar-refractivity contribution in [1.82, 2.24) is 24.7 Å². The molecule has 2 aliphatic rings. The van der Waals surface area contributed by atoms with E-state index in [-0.39, 0.29) is 11.9 Å². The van der Waals surface area contributed by atoms with E-state index in [0.717, 1.165) is 49.2 Å². The number of nitrogens with zero attached hydrogens (tertiary/aromatic N) is 6. The summed E-state index contributed by atoms with van der Waals surface area (Å²) in [6.45, 7) is 3.66. The molecule has 5 rings (SSSR count). The Balaban J connectivity index is 1.23. The summed E-state index contributed by atoms with van der Waals surface area (Å²) in [5.74, 6) is 0.781. The molecule has 0 radical (unpaired) electrons. The van der Waals surface area contributed by atoms with Crippen LogP contribution >= 0.6 is 11.3 Å². The molecule has 0 bridgehead atoms. The van der Waals surface area contributed by atoms with E-state index in [0.29, 0.717) is 5.69 Å². The van der Waals surface area contributed by atoms with Crippen LogP contribution in [-0.2, 0) is 0 Å². The van der Waals surface area contributed by atoms with Crippen molar-refractivity contribution >= 4 is 33.8 Å². The molecule has 1 unspecified atom stereocenters. The van der Waals surface area contributed by atoms with Crippen LogP contribution in [0.25, 0.3) is 5.65 Å². The van der Waals surface area contributed by atoms with E-state index in [9.17, 15) is 4.79 Å². The summed E-state index contributed by atoms with van der Waals surface area (Å²) in [6, 6.07) is 0.0876. The van der Waals surface area contributed by atoms with Gasteiger partial charge in [0, 0.05) is 62.4 Å². The van der Waals surface area contributed by atoms with Gasteiger partial charge >= 0.3 is 0 Å².